The number of benzene rings is 2. The van der Waals surface area contributed by atoms with Gasteiger partial charge in [-0.05, 0) is 68.9 Å². The molecule has 0 aliphatic carbocycles. The highest BCUT2D eigenvalue weighted by Crippen LogP contribution is 2.23. The van der Waals surface area contributed by atoms with Crippen molar-refractivity contribution in [2.45, 2.75) is 13.3 Å². The molecule has 1 aliphatic rings. The molecule has 1 fully saturated rings. The summed E-state index contributed by atoms with van der Waals surface area (Å²) in [5.41, 5.74) is 3.42. The van der Waals surface area contributed by atoms with Crippen molar-refractivity contribution >= 4 is 46.1 Å². The minimum atomic E-state index is -0.196. The van der Waals surface area contributed by atoms with E-state index in [9.17, 15) is 4.79 Å². The lowest BCUT2D eigenvalue weighted by Crippen LogP contribution is -2.30. The second-order valence-electron chi connectivity index (χ2n) is 7.86. The smallest absolute Gasteiger partial charge is 0.248 e. The van der Waals surface area contributed by atoms with E-state index in [2.05, 4.69) is 22.2 Å². The van der Waals surface area contributed by atoms with Gasteiger partial charge in [0.1, 0.15) is 0 Å². The number of anilines is 2. The summed E-state index contributed by atoms with van der Waals surface area (Å²) in [4.78, 5) is 26.5. The molecule has 31 heavy (non-hydrogen) atoms. The third-order valence-corrected chi connectivity index (χ3v) is 5.69. The number of halogens is 1. The zero-order chi connectivity index (χ0) is 21.8. The average molecular weight is 436 g/mol. The largest absolute Gasteiger partial charge is 0.339 e. The molecule has 7 heteroatoms. The van der Waals surface area contributed by atoms with Gasteiger partial charge in [0, 0.05) is 41.8 Å². The lowest BCUT2D eigenvalue weighted by Gasteiger charge is -2.21. The van der Waals surface area contributed by atoms with Gasteiger partial charge in [0.05, 0.1) is 11.2 Å². The number of rotatable bonds is 4. The van der Waals surface area contributed by atoms with E-state index in [0.29, 0.717) is 10.7 Å². The molecule has 2 aromatic carbocycles. The molecular weight excluding hydrogens is 410 g/mol. The van der Waals surface area contributed by atoms with E-state index in [0.717, 1.165) is 60.7 Å². The zero-order valence-electron chi connectivity index (χ0n) is 17.8. The van der Waals surface area contributed by atoms with Crippen LogP contribution in [0.1, 0.15) is 17.7 Å². The van der Waals surface area contributed by atoms with Crippen molar-refractivity contribution in [3.05, 3.63) is 64.8 Å². The highest BCUT2D eigenvalue weighted by Gasteiger charge is 2.16. The van der Waals surface area contributed by atoms with Gasteiger partial charge in [0.2, 0.25) is 11.9 Å². The predicted molar refractivity (Wildman–Crippen MR) is 128 cm³/mol. The van der Waals surface area contributed by atoms with Gasteiger partial charge in [-0.1, -0.05) is 23.7 Å². The number of likely N-dealkylation sites (N-methyl/N-ethyl adjacent to an activating group) is 1. The number of aryl methyl sites for hydroxylation is 1. The van der Waals surface area contributed by atoms with Crippen molar-refractivity contribution < 1.29 is 4.79 Å². The van der Waals surface area contributed by atoms with Gasteiger partial charge in [0.25, 0.3) is 0 Å². The minimum Gasteiger partial charge on any atom is -0.339 e. The number of nitrogens with zero attached hydrogens (tertiary/aromatic N) is 4. The van der Waals surface area contributed by atoms with Crippen LogP contribution in [-0.2, 0) is 4.79 Å². The molecule has 160 valence electrons. The van der Waals surface area contributed by atoms with Crippen LogP contribution in [0.25, 0.3) is 17.0 Å². The molecule has 6 nitrogen and oxygen atoms in total. The molecule has 4 rings (SSSR count). The summed E-state index contributed by atoms with van der Waals surface area (Å²) < 4.78 is 0. The van der Waals surface area contributed by atoms with E-state index >= 15 is 0 Å². The van der Waals surface area contributed by atoms with Gasteiger partial charge in [-0.15, -0.1) is 0 Å². The summed E-state index contributed by atoms with van der Waals surface area (Å²) in [6, 6.07) is 13.1. The summed E-state index contributed by atoms with van der Waals surface area (Å²) in [6.07, 6.45) is 4.37. The van der Waals surface area contributed by atoms with Gasteiger partial charge in [-0.3, -0.25) is 4.79 Å². The Kier molecular flexibility index (Phi) is 6.49. The standard InChI is InChI=1S/C24H26ClN5O/c1-17-21-16-20(27-23(31)11-6-18-4-7-19(25)8-5-18)9-10-22(21)28-24(26-17)30-13-3-12-29(2)14-15-30/h4-11,16H,3,12-15H2,1-2H3,(H,27,31). The molecule has 1 amide bonds. The average Bonchev–Trinajstić information content (AvgIpc) is 2.98. The van der Waals surface area contributed by atoms with Gasteiger partial charge in [0.15, 0.2) is 0 Å². The maximum atomic E-state index is 12.3. The first-order valence-corrected chi connectivity index (χ1v) is 10.8. The van der Waals surface area contributed by atoms with Gasteiger partial charge in [-0.25, -0.2) is 9.97 Å². The Morgan fingerprint density at radius 3 is 2.68 bits per heavy atom. The number of fused-ring (bicyclic) bond motifs is 1. The normalized spacial score (nSPS) is 15.4. The van der Waals surface area contributed by atoms with E-state index in [4.69, 9.17) is 21.6 Å². The van der Waals surface area contributed by atoms with E-state index in [-0.39, 0.29) is 5.91 Å². The number of carbonyl (C=O) groups is 1. The third kappa shape index (κ3) is 5.40. The fraction of sp³-hybridized carbons (Fsp3) is 0.292. The zero-order valence-corrected chi connectivity index (χ0v) is 18.6. The van der Waals surface area contributed by atoms with Crippen LogP contribution in [0.2, 0.25) is 5.02 Å². The Morgan fingerprint density at radius 2 is 1.87 bits per heavy atom. The molecule has 0 spiro atoms. The molecule has 1 aliphatic heterocycles. The Bertz CT molecular complexity index is 1110. The molecule has 2 heterocycles. The first-order chi connectivity index (χ1) is 15.0. The molecule has 3 aromatic rings. The van der Waals surface area contributed by atoms with E-state index in [1.807, 2.05) is 37.3 Å². The topological polar surface area (TPSA) is 61.4 Å². The molecule has 1 saturated heterocycles. The summed E-state index contributed by atoms with van der Waals surface area (Å²) >= 11 is 5.89. The van der Waals surface area contributed by atoms with Crippen molar-refractivity contribution in [1.29, 1.82) is 0 Å². The van der Waals surface area contributed by atoms with E-state index < -0.39 is 0 Å². The van der Waals surface area contributed by atoms with E-state index in [1.54, 1.807) is 18.2 Å². The number of aromatic nitrogens is 2. The summed E-state index contributed by atoms with van der Waals surface area (Å²) in [5, 5.41) is 4.52. The SMILES string of the molecule is Cc1nc(N2CCCN(C)CC2)nc2ccc(NC(=O)C=Cc3ccc(Cl)cc3)cc12. The van der Waals surface area contributed by atoms with Crippen LogP contribution in [0.4, 0.5) is 11.6 Å². The lowest BCUT2D eigenvalue weighted by molar-refractivity contribution is -0.111. The molecule has 1 N–H and O–H groups in total. The number of amides is 1. The predicted octanol–water partition coefficient (Wildman–Crippen LogP) is 4.39. The lowest BCUT2D eigenvalue weighted by atomic mass is 10.1. The van der Waals surface area contributed by atoms with Gasteiger partial charge < -0.3 is 15.1 Å². The van der Waals surface area contributed by atoms with Crippen LogP contribution in [0.15, 0.2) is 48.5 Å². The fourth-order valence-electron chi connectivity index (χ4n) is 3.66. The van der Waals surface area contributed by atoms with Crippen LogP contribution in [0.3, 0.4) is 0 Å². The second-order valence-corrected chi connectivity index (χ2v) is 8.30. The van der Waals surface area contributed by atoms with Crippen molar-refractivity contribution in [2.24, 2.45) is 0 Å². The van der Waals surface area contributed by atoms with Crippen LogP contribution in [0.5, 0.6) is 0 Å². The summed E-state index contributed by atoms with van der Waals surface area (Å²) in [6.45, 7) is 5.98. The van der Waals surface area contributed by atoms with Crippen LogP contribution in [0, 0.1) is 6.92 Å². The highest BCUT2D eigenvalue weighted by atomic mass is 35.5. The molecule has 0 bridgehead atoms. The molecule has 0 saturated carbocycles. The molecule has 0 atom stereocenters. The van der Waals surface area contributed by atoms with Crippen molar-refractivity contribution in [2.75, 3.05) is 43.4 Å². The fourth-order valence-corrected chi connectivity index (χ4v) is 3.79. The van der Waals surface area contributed by atoms with Crippen molar-refractivity contribution in [3.8, 4) is 0 Å². The molecule has 0 radical (unpaired) electrons. The second kappa shape index (κ2) is 9.45. The number of hydrogen-bond acceptors (Lipinski definition) is 5. The minimum absolute atomic E-state index is 0.196. The van der Waals surface area contributed by atoms with Crippen LogP contribution in [-0.4, -0.2) is 54.0 Å². The maximum Gasteiger partial charge on any atom is 0.248 e. The van der Waals surface area contributed by atoms with Gasteiger partial charge >= 0.3 is 0 Å². The van der Waals surface area contributed by atoms with Crippen molar-refractivity contribution in [3.63, 3.8) is 0 Å². The first kappa shape index (κ1) is 21.3. The van der Waals surface area contributed by atoms with Gasteiger partial charge in [-0.2, -0.15) is 0 Å². The Labute approximate surface area is 187 Å². The quantitative estimate of drug-likeness (QED) is 0.616. The van der Waals surface area contributed by atoms with Crippen LogP contribution < -0.4 is 10.2 Å². The van der Waals surface area contributed by atoms with Crippen LogP contribution >= 0.6 is 11.6 Å². The molecule has 1 aromatic heterocycles. The highest BCUT2D eigenvalue weighted by molar-refractivity contribution is 6.30. The number of carbonyl (C=O) groups excluding carboxylic acids is 1. The summed E-state index contributed by atoms with van der Waals surface area (Å²) in [5.74, 6) is 0.584. The van der Waals surface area contributed by atoms with Crippen molar-refractivity contribution in [1.82, 2.24) is 14.9 Å². The Morgan fingerprint density at radius 1 is 1.06 bits per heavy atom. The molecular formula is C24H26ClN5O. The number of hydrogen-bond donors (Lipinski definition) is 1. The molecule has 0 unspecified atom stereocenters. The van der Waals surface area contributed by atoms with E-state index in [1.165, 1.54) is 6.08 Å². The first-order valence-electron chi connectivity index (χ1n) is 10.4. The Balaban J connectivity index is 1.49. The Hall–Kier alpha value is -2.96. The summed E-state index contributed by atoms with van der Waals surface area (Å²) in [7, 11) is 2.15. The monoisotopic (exact) mass is 435 g/mol. The third-order valence-electron chi connectivity index (χ3n) is 5.44. The number of nitrogens with one attached hydrogen (secondary N) is 1. The maximum absolute atomic E-state index is 12.3.